The molecule has 0 atom stereocenters. The average molecular weight is 293 g/mol. The number of halogens is 2. The molecule has 0 radical (unpaired) electrons. The normalized spacial score (nSPS) is 10.2. The lowest BCUT2D eigenvalue weighted by Gasteiger charge is -2.10. The van der Waals surface area contributed by atoms with Gasteiger partial charge in [0.1, 0.15) is 12.0 Å². The molecule has 0 aliphatic heterocycles. The lowest BCUT2D eigenvalue weighted by molar-refractivity contribution is -0.384. The molecular weight excluding hydrogens is 284 g/mol. The van der Waals surface area contributed by atoms with Gasteiger partial charge in [-0.2, -0.15) is 0 Å². The Labute approximate surface area is 117 Å². The molecule has 0 aliphatic rings. The molecule has 21 heavy (non-hydrogen) atoms. The number of carbonyl (C=O) groups is 1. The van der Waals surface area contributed by atoms with E-state index in [2.05, 4.69) is 0 Å². The summed E-state index contributed by atoms with van der Waals surface area (Å²) in [5.41, 5.74) is 0.0392. The van der Waals surface area contributed by atoms with Gasteiger partial charge in [0, 0.05) is 17.7 Å². The zero-order chi connectivity index (χ0) is 15.6. The molecular formula is C14H9F2NO4. The number of nitro benzene ring substituents is 1. The van der Waals surface area contributed by atoms with Crippen LogP contribution in [0.4, 0.5) is 14.5 Å². The number of benzene rings is 2. The van der Waals surface area contributed by atoms with Gasteiger partial charge in [0.2, 0.25) is 0 Å². The van der Waals surface area contributed by atoms with Crippen LogP contribution in [0.2, 0.25) is 0 Å². The number of hydrogen-bond acceptors (Lipinski definition) is 4. The van der Waals surface area contributed by atoms with E-state index in [9.17, 15) is 23.7 Å². The van der Waals surface area contributed by atoms with E-state index in [1.54, 1.807) is 0 Å². The first-order valence-electron chi connectivity index (χ1n) is 5.79. The Kier molecular flexibility index (Phi) is 3.93. The van der Waals surface area contributed by atoms with E-state index >= 15 is 0 Å². The van der Waals surface area contributed by atoms with Gasteiger partial charge in [-0.1, -0.05) is 0 Å². The van der Waals surface area contributed by atoms with E-state index in [0.29, 0.717) is 11.8 Å². The summed E-state index contributed by atoms with van der Waals surface area (Å²) in [6, 6.07) is 5.32. The number of hydrogen-bond donors (Lipinski definition) is 0. The Hall–Kier alpha value is -2.83. The number of aryl methyl sites for hydroxylation is 1. The highest BCUT2D eigenvalue weighted by Crippen LogP contribution is 2.31. The fourth-order valence-electron chi connectivity index (χ4n) is 1.72. The van der Waals surface area contributed by atoms with Gasteiger partial charge in [-0.25, -0.2) is 8.78 Å². The van der Waals surface area contributed by atoms with E-state index in [1.807, 2.05) is 0 Å². The van der Waals surface area contributed by atoms with E-state index in [1.165, 1.54) is 19.1 Å². The van der Waals surface area contributed by atoms with Gasteiger partial charge in [0.05, 0.1) is 4.92 Å². The van der Waals surface area contributed by atoms with Crippen molar-refractivity contribution in [1.82, 2.24) is 0 Å². The molecule has 0 heterocycles. The Balaban J connectivity index is 2.39. The van der Waals surface area contributed by atoms with Crippen LogP contribution < -0.4 is 4.74 Å². The summed E-state index contributed by atoms with van der Waals surface area (Å²) in [4.78, 5) is 20.5. The maximum Gasteiger partial charge on any atom is 0.269 e. The van der Waals surface area contributed by atoms with Crippen molar-refractivity contribution in [2.24, 2.45) is 0 Å². The van der Waals surface area contributed by atoms with Crippen molar-refractivity contribution in [3.63, 3.8) is 0 Å². The largest absolute Gasteiger partial charge is 0.451 e. The minimum absolute atomic E-state index is 0.0808. The van der Waals surface area contributed by atoms with Crippen molar-refractivity contribution in [3.8, 4) is 11.5 Å². The van der Waals surface area contributed by atoms with Gasteiger partial charge in [-0.15, -0.1) is 0 Å². The first-order chi connectivity index (χ1) is 9.92. The number of rotatable bonds is 4. The maximum absolute atomic E-state index is 13.7. The van der Waals surface area contributed by atoms with Crippen LogP contribution in [0, 0.1) is 28.7 Å². The number of ether oxygens (including phenoxy) is 1. The molecule has 0 unspecified atom stereocenters. The summed E-state index contributed by atoms with van der Waals surface area (Å²) < 4.78 is 32.5. The molecule has 0 N–H and O–H groups in total. The molecule has 0 spiro atoms. The summed E-state index contributed by atoms with van der Waals surface area (Å²) in [6.07, 6.45) is 0.313. The van der Waals surface area contributed by atoms with Crippen molar-refractivity contribution < 1.29 is 23.2 Å². The molecule has 5 nitrogen and oxygen atoms in total. The van der Waals surface area contributed by atoms with Crippen LogP contribution in [-0.2, 0) is 0 Å². The number of nitro groups is 1. The predicted molar refractivity (Wildman–Crippen MR) is 69.7 cm³/mol. The lowest BCUT2D eigenvalue weighted by Crippen LogP contribution is -1.97. The number of non-ortho nitro benzene ring substituents is 1. The van der Waals surface area contributed by atoms with Gasteiger partial charge >= 0.3 is 0 Å². The fourth-order valence-corrected chi connectivity index (χ4v) is 1.72. The van der Waals surface area contributed by atoms with Crippen LogP contribution in [0.25, 0.3) is 0 Å². The highest BCUT2D eigenvalue weighted by molar-refractivity contribution is 5.75. The van der Waals surface area contributed by atoms with Gasteiger partial charge in [0.25, 0.3) is 5.69 Å². The summed E-state index contributed by atoms with van der Waals surface area (Å²) >= 11 is 0. The van der Waals surface area contributed by atoms with Crippen molar-refractivity contribution in [2.45, 2.75) is 6.92 Å². The number of aldehydes is 1. The van der Waals surface area contributed by atoms with Crippen molar-refractivity contribution >= 4 is 12.0 Å². The van der Waals surface area contributed by atoms with Crippen LogP contribution in [0.1, 0.15) is 15.9 Å². The smallest absolute Gasteiger partial charge is 0.269 e. The van der Waals surface area contributed by atoms with Crippen LogP contribution in [0.3, 0.4) is 0 Å². The monoisotopic (exact) mass is 293 g/mol. The Morgan fingerprint density at radius 2 is 1.81 bits per heavy atom. The highest BCUT2D eigenvalue weighted by atomic mass is 19.1. The second-order valence-corrected chi connectivity index (χ2v) is 4.24. The fraction of sp³-hybridized carbons (Fsp3) is 0.0714. The first-order valence-corrected chi connectivity index (χ1v) is 5.79. The van der Waals surface area contributed by atoms with Gasteiger partial charge in [0.15, 0.2) is 17.4 Å². The minimum Gasteiger partial charge on any atom is -0.451 e. The van der Waals surface area contributed by atoms with E-state index in [0.717, 1.165) is 18.2 Å². The molecule has 0 saturated heterocycles. The van der Waals surface area contributed by atoms with Gasteiger partial charge in [-0.3, -0.25) is 14.9 Å². The molecule has 0 bridgehead atoms. The number of nitrogens with zero attached hydrogens (tertiary/aromatic N) is 1. The summed E-state index contributed by atoms with van der Waals surface area (Å²) in [6.45, 7) is 1.51. The van der Waals surface area contributed by atoms with E-state index < -0.39 is 22.3 Å². The third-order valence-electron chi connectivity index (χ3n) is 2.74. The minimum atomic E-state index is -1.03. The molecule has 0 fully saturated rings. The molecule has 7 heteroatoms. The second kappa shape index (κ2) is 5.66. The van der Waals surface area contributed by atoms with E-state index in [4.69, 9.17) is 4.74 Å². The van der Waals surface area contributed by atoms with Crippen molar-refractivity contribution in [3.05, 3.63) is 63.2 Å². The predicted octanol–water partition coefficient (Wildman–Crippen LogP) is 3.79. The third-order valence-corrected chi connectivity index (χ3v) is 2.74. The molecule has 2 rings (SSSR count). The molecule has 0 aliphatic carbocycles. The van der Waals surface area contributed by atoms with Crippen molar-refractivity contribution in [2.75, 3.05) is 0 Å². The summed E-state index contributed by atoms with van der Waals surface area (Å²) in [5.74, 6) is -2.65. The zero-order valence-electron chi connectivity index (χ0n) is 10.8. The second-order valence-electron chi connectivity index (χ2n) is 4.24. The van der Waals surface area contributed by atoms with Crippen LogP contribution in [0.5, 0.6) is 11.5 Å². The standard InChI is InChI=1S/C14H9F2NO4/c1-8-4-10(17(19)20)2-3-13(8)21-14-11(15)5-9(7-18)6-12(14)16/h2-7H,1H3. The Bertz CT molecular complexity index is 708. The van der Waals surface area contributed by atoms with Crippen molar-refractivity contribution in [1.29, 1.82) is 0 Å². The average Bonchev–Trinajstić information content (AvgIpc) is 2.43. The summed E-state index contributed by atoms with van der Waals surface area (Å²) in [5, 5.41) is 10.6. The molecule has 2 aromatic rings. The highest BCUT2D eigenvalue weighted by Gasteiger charge is 2.16. The maximum atomic E-state index is 13.7. The number of carbonyl (C=O) groups excluding carboxylic acids is 1. The van der Waals surface area contributed by atoms with Gasteiger partial charge < -0.3 is 4.74 Å². The van der Waals surface area contributed by atoms with E-state index in [-0.39, 0.29) is 17.0 Å². The Morgan fingerprint density at radius 1 is 1.19 bits per heavy atom. The van der Waals surface area contributed by atoms with Gasteiger partial charge in [-0.05, 0) is 30.7 Å². The SMILES string of the molecule is Cc1cc([N+](=O)[O-])ccc1Oc1c(F)cc(C=O)cc1F. The summed E-state index contributed by atoms with van der Waals surface area (Å²) in [7, 11) is 0. The quantitative estimate of drug-likeness (QED) is 0.488. The molecule has 2 aromatic carbocycles. The lowest BCUT2D eigenvalue weighted by atomic mass is 10.2. The molecule has 0 saturated carbocycles. The Morgan fingerprint density at radius 3 is 2.29 bits per heavy atom. The zero-order valence-corrected chi connectivity index (χ0v) is 10.8. The molecule has 108 valence electrons. The topological polar surface area (TPSA) is 69.4 Å². The third kappa shape index (κ3) is 3.02. The van der Waals surface area contributed by atoms with Crippen LogP contribution >= 0.6 is 0 Å². The molecule has 0 aromatic heterocycles. The van der Waals surface area contributed by atoms with Crippen LogP contribution in [0.15, 0.2) is 30.3 Å². The van der Waals surface area contributed by atoms with Crippen LogP contribution in [-0.4, -0.2) is 11.2 Å². The molecule has 0 amide bonds. The first kappa shape index (κ1) is 14.6.